The number of hydrogen-bond donors (Lipinski definition) is 4. The summed E-state index contributed by atoms with van der Waals surface area (Å²) in [7, 11) is -2.60. The van der Waals surface area contributed by atoms with Crippen LogP contribution in [-0.4, -0.2) is 87.0 Å². The summed E-state index contributed by atoms with van der Waals surface area (Å²) in [5.41, 5.74) is -0.287. The number of carbonyl (C=O) groups excluding carboxylic acids is 1. The van der Waals surface area contributed by atoms with E-state index in [1.807, 2.05) is 0 Å². The van der Waals surface area contributed by atoms with Gasteiger partial charge in [0.05, 0.1) is 34.7 Å². The maximum atomic E-state index is 12.7. The summed E-state index contributed by atoms with van der Waals surface area (Å²) >= 11 is 12.2. The first-order valence-electron chi connectivity index (χ1n) is 9.46. The van der Waals surface area contributed by atoms with Crippen molar-refractivity contribution in [3.63, 3.8) is 0 Å². The Morgan fingerprint density at radius 1 is 1.10 bits per heavy atom. The fraction of sp³-hybridized carbons (Fsp3) is 0.556. The van der Waals surface area contributed by atoms with Crippen LogP contribution < -0.4 is 5.32 Å². The van der Waals surface area contributed by atoms with Crippen LogP contribution in [0.5, 0.6) is 0 Å². The van der Waals surface area contributed by atoms with Crippen LogP contribution in [0.2, 0.25) is 10.0 Å². The summed E-state index contributed by atoms with van der Waals surface area (Å²) in [4.78, 5) is 26.9. The number of halogens is 2. The minimum Gasteiger partial charge on any atom is -0.465 e. The standard InChI is InChI=1S/C18H25Cl2N3O6S/c19-14-2-1-13(11-15(14)20)18(3-4-23(17(25)26)5-8-29-18)12-21-16(24)22-6-9-30(27,28)10-7-22/h1-2,11,27-28H,3-10,12H2,(H,21,24)(H,25,26)/t18-/m1/s1. The maximum absolute atomic E-state index is 12.7. The first-order valence-corrected chi connectivity index (χ1v) is 12.1. The Labute approximate surface area is 186 Å². The van der Waals surface area contributed by atoms with Crippen LogP contribution in [0, 0.1) is 0 Å². The maximum Gasteiger partial charge on any atom is 0.407 e. The molecule has 4 N–H and O–H groups in total. The molecule has 2 aliphatic rings. The lowest BCUT2D eigenvalue weighted by Gasteiger charge is -2.41. The average Bonchev–Trinajstić information content (AvgIpc) is 2.92. The van der Waals surface area contributed by atoms with Crippen molar-refractivity contribution in [2.24, 2.45) is 0 Å². The number of hydrogen-bond acceptors (Lipinski definition) is 5. The Morgan fingerprint density at radius 3 is 2.43 bits per heavy atom. The molecular formula is C18H25Cl2N3O6S. The van der Waals surface area contributed by atoms with E-state index in [9.17, 15) is 23.8 Å². The van der Waals surface area contributed by atoms with Crippen molar-refractivity contribution in [1.29, 1.82) is 0 Å². The van der Waals surface area contributed by atoms with E-state index in [0.717, 1.165) is 0 Å². The highest BCUT2D eigenvalue weighted by Crippen LogP contribution is 2.40. The Balaban J connectivity index is 1.77. The van der Waals surface area contributed by atoms with Gasteiger partial charge in [-0.2, -0.15) is 10.6 Å². The highest BCUT2D eigenvalue weighted by Gasteiger charge is 2.38. The Hall–Kier alpha value is -1.43. The van der Waals surface area contributed by atoms with Gasteiger partial charge in [-0.1, -0.05) is 29.3 Å². The molecule has 0 saturated carbocycles. The van der Waals surface area contributed by atoms with E-state index in [2.05, 4.69) is 5.32 Å². The number of ether oxygens (including phenoxy) is 1. The fourth-order valence-electron chi connectivity index (χ4n) is 3.55. The van der Waals surface area contributed by atoms with Crippen molar-refractivity contribution in [1.82, 2.24) is 15.1 Å². The summed E-state index contributed by atoms with van der Waals surface area (Å²) in [6.07, 6.45) is -0.710. The van der Waals surface area contributed by atoms with Gasteiger partial charge in [0.15, 0.2) is 0 Å². The molecule has 12 heteroatoms. The molecule has 0 unspecified atom stereocenters. The van der Waals surface area contributed by atoms with Gasteiger partial charge in [-0.25, -0.2) is 9.59 Å². The smallest absolute Gasteiger partial charge is 0.407 e. The third kappa shape index (κ3) is 5.43. The number of nitrogens with zero attached hydrogens (tertiary/aromatic N) is 2. The monoisotopic (exact) mass is 481 g/mol. The van der Waals surface area contributed by atoms with Gasteiger partial charge in [0.2, 0.25) is 0 Å². The number of benzene rings is 1. The van der Waals surface area contributed by atoms with E-state index in [1.54, 1.807) is 18.2 Å². The topological polar surface area (TPSA) is 123 Å². The molecule has 30 heavy (non-hydrogen) atoms. The molecule has 2 saturated heterocycles. The molecule has 9 nitrogen and oxygen atoms in total. The molecule has 0 aliphatic carbocycles. The number of carboxylic acid groups (broad SMARTS) is 1. The number of carbonyl (C=O) groups is 2. The van der Waals surface area contributed by atoms with Crippen LogP contribution in [0.15, 0.2) is 18.2 Å². The molecule has 2 fully saturated rings. The molecule has 0 aromatic heterocycles. The highest BCUT2D eigenvalue weighted by molar-refractivity contribution is 8.24. The van der Waals surface area contributed by atoms with Crippen molar-refractivity contribution in [3.8, 4) is 0 Å². The molecule has 3 amide bonds. The second-order valence-electron chi connectivity index (χ2n) is 7.35. The third-order valence-electron chi connectivity index (χ3n) is 5.43. The summed E-state index contributed by atoms with van der Waals surface area (Å²) in [5, 5.41) is 12.9. The molecular weight excluding hydrogens is 457 g/mol. The molecule has 0 radical (unpaired) electrons. The van der Waals surface area contributed by atoms with E-state index >= 15 is 0 Å². The van der Waals surface area contributed by atoms with Crippen LogP contribution in [0.1, 0.15) is 12.0 Å². The molecule has 2 aliphatic heterocycles. The molecule has 0 bridgehead atoms. The van der Waals surface area contributed by atoms with E-state index in [1.165, 1.54) is 9.80 Å². The number of amides is 3. The Bertz CT molecular complexity index is 804. The Kier molecular flexibility index (Phi) is 7.26. The van der Waals surface area contributed by atoms with Crippen LogP contribution in [0.3, 0.4) is 0 Å². The van der Waals surface area contributed by atoms with Crippen LogP contribution in [0.25, 0.3) is 0 Å². The third-order valence-corrected chi connectivity index (χ3v) is 7.84. The van der Waals surface area contributed by atoms with Crippen molar-refractivity contribution in [2.45, 2.75) is 12.0 Å². The largest absolute Gasteiger partial charge is 0.465 e. The Morgan fingerprint density at radius 2 is 1.80 bits per heavy atom. The lowest BCUT2D eigenvalue weighted by molar-refractivity contribution is -0.0407. The van der Waals surface area contributed by atoms with E-state index in [0.29, 0.717) is 22.0 Å². The number of nitrogens with one attached hydrogen (secondary N) is 1. The van der Waals surface area contributed by atoms with E-state index < -0.39 is 22.3 Å². The van der Waals surface area contributed by atoms with Crippen LogP contribution in [0.4, 0.5) is 9.59 Å². The molecule has 2 heterocycles. The first-order chi connectivity index (χ1) is 14.1. The van der Waals surface area contributed by atoms with Gasteiger partial charge in [-0.15, -0.1) is 0 Å². The van der Waals surface area contributed by atoms with Crippen molar-refractivity contribution in [3.05, 3.63) is 33.8 Å². The van der Waals surface area contributed by atoms with Gasteiger partial charge in [-0.3, -0.25) is 9.11 Å². The molecule has 0 spiro atoms. The lowest BCUT2D eigenvalue weighted by atomic mass is 9.89. The zero-order valence-electron chi connectivity index (χ0n) is 16.2. The fourth-order valence-corrected chi connectivity index (χ4v) is 5.08. The van der Waals surface area contributed by atoms with Gasteiger partial charge in [0.1, 0.15) is 5.60 Å². The van der Waals surface area contributed by atoms with Crippen LogP contribution in [-0.2, 0) is 10.3 Å². The van der Waals surface area contributed by atoms with Gasteiger partial charge < -0.3 is 25.0 Å². The highest BCUT2D eigenvalue weighted by atomic mass is 35.5. The van der Waals surface area contributed by atoms with E-state index in [4.69, 9.17) is 27.9 Å². The minimum absolute atomic E-state index is 0.101. The molecule has 1 aromatic carbocycles. The average molecular weight is 482 g/mol. The second-order valence-corrected chi connectivity index (χ2v) is 10.6. The van der Waals surface area contributed by atoms with E-state index in [-0.39, 0.29) is 56.9 Å². The normalized spacial score (nSPS) is 25.3. The van der Waals surface area contributed by atoms with Crippen molar-refractivity contribution >= 4 is 45.9 Å². The predicted molar refractivity (Wildman–Crippen MR) is 116 cm³/mol. The predicted octanol–water partition coefficient (Wildman–Crippen LogP) is 3.36. The summed E-state index contributed by atoms with van der Waals surface area (Å²) in [6.45, 7) is 1.21. The van der Waals surface area contributed by atoms with Gasteiger partial charge in [-0.05, 0) is 17.7 Å². The molecule has 3 rings (SSSR count). The summed E-state index contributed by atoms with van der Waals surface area (Å²) < 4.78 is 25.6. The van der Waals surface area contributed by atoms with Crippen molar-refractivity contribution in [2.75, 3.05) is 50.8 Å². The van der Waals surface area contributed by atoms with Crippen LogP contribution >= 0.6 is 33.8 Å². The zero-order valence-corrected chi connectivity index (χ0v) is 18.5. The summed E-state index contributed by atoms with van der Waals surface area (Å²) in [5.74, 6) is 0.310. The quantitative estimate of drug-likeness (QED) is 0.524. The molecule has 1 aromatic rings. The van der Waals surface area contributed by atoms with Gasteiger partial charge in [0, 0.05) is 32.6 Å². The number of urea groups is 1. The first kappa shape index (κ1) is 23.2. The zero-order chi connectivity index (χ0) is 21.9. The van der Waals surface area contributed by atoms with Crippen molar-refractivity contribution < 1.29 is 28.5 Å². The number of rotatable bonds is 3. The molecule has 1 atom stereocenters. The summed E-state index contributed by atoms with van der Waals surface area (Å²) in [6, 6.07) is 4.73. The SMILES string of the molecule is O=C(O)N1CCO[C@](CNC(=O)N2CCS(O)(O)CC2)(c2ccc(Cl)c(Cl)c2)CC1. The van der Waals surface area contributed by atoms with Gasteiger partial charge >= 0.3 is 12.1 Å². The second kappa shape index (κ2) is 9.37. The van der Waals surface area contributed by atoms with Gasteiger partial charge in [0.25, 0.3) is 0 Å². The lowest BCUT2D eigenvalue weighted by Crippen LogP contribution is -2.51. The minimum atomic E-state index is -2.60. The molecule has 168 valence electrons.